The van der Waals surface area contributed by atoms with Crippen molar-refractivity contribution < 1.29 is 9.53 Å². The molecule has 0 radical (unpaired) electrons. The summed E-state index contributed by atoms with van der Waals surface area (Å²) in [5.74, 6) is 0.493. The molecule has 0 aliphatic heterocycles. The Balaban J connectivity index is 1.97. The minimum atomic E-state index is -0.0304. The molecular weight excluding hydrogens is 266 g/mol. The number of carbonyl (C=O) groups is 1. The van der Waals surface area contributed by atoms with Crippen molar-refractivity contribution >= 4 is 5.91 Å². The van der Waals surface area contributed by atoms with Crippen LogP contribution < -0.4 is 11.1 Å². The van der Waals surface area contributed by atoms with Gasteiger partial charge in [-0.15, -0.1) is 0 Å². The zero-order valence-corrected chi connectivity index (χ0v) is 12.9. The number of hydrogen-bond acceptors (Lipinski definition) is 3. The second kappa shape index (κ2) is 8.20. The molecule has 1 amide bonds. The minimum absolute atomic E-state index is 0.0304. The molecule has 3 N–H and O–H groups in total. The highest BCUT2D eigenvalue weighted by molar-refractivity contribution is 5.93. The van der Waals surface area contributed by atoms with E-state index in [1.807, 2.05) is 22.9 Å². The number of rotatable bonds is 7. The van der Waals surface area contributed by atoms with Gasteiger partial charge in [0.25, 0.3) is 5.91 Å². The highest BCUT2D eigenvalue weighted by Crippen LogP contribution is 2.26. The Morgan fingerprint density at radius 1 is 1.48 bits per heavy atom. The average molecular weight is 293 g/mol. The van der Waals surface area contributed by atoms with Gasteiger partial charge in [0.05, 0.1) is 6.61 Å². The molecule has 5 nitrogen and oxygen atoms in total. The lowest BCUT2D eigenvalue weighted by Crippen LogP contribution is -2.46. The van der Waals surface area contributed by atoms with Crippen molar-refractivity contribution in [3.63, 3.8) is 0 Å². The summed E-state index contributed by atoms with van der Waals surface area (Å²) >= 11 is 0. The van der Waals surface area contributed by atoms with E-state index in [0.29, 0.717) is 31.3 Å². The fourth-order valence-corrected chi connectivity index (χ4v) is 3.15. The van der Waals surface area contributed by atoms with Gasteiger partial charge in [0.15, 0.2) is 0 Å². The van der Waals surface area contributed by atoms with Crippen LogP contribution in [0.4, 0.5) is 0 Å². The third kappa shape index (κ3) is 4.32. The van der Waals surface area contributed by atoms with Crippen LogP contribution in [-0.4, -0.2) is 36.8 Å². The largest absolute Gasteiger partial charge is 0.383 e. The fourth-order valence-electron chi connectivity index (χ4n) is 3.15. The van der Waals surface area contributed by atoms with Crippen LogP contribution in [-0.2, 0) is 11.3 Å². The van der Waals surface area contributed by atoms with Crippen LogP contribution in [0, 0.1) is 5.92 Å². The first kappa shape index (κ1) is 16.0. The SMILES string of the molecule is COCCn1cccc1C(=O)NC(CN)C1CCCCC1. The first-order valence-corrected chi connectivity index (χ1v) is 7.91. The fraction of sp³-hybridized carbons (Fsp3) is 0.688. The summed E-state index contributed by atoms with van der Waals surface area (Å²) in [5, 5.41) is 3.13. The van der Waals surface area contributed by atoms with Crippen molar-refractivity contribution in [1.29, 1.82) is 0 Å². The number of hydrogen-bond donors (Lipinski definition) is 2. The molecule has 1 aromatic rings. The van der Waals surface area contributed by atoms with Crippen LogP contribution >= 0.6 is 0 Å². The van der Waals surface area contributed by atoms with Crippen molar-refractivity contribution in [2.24, 2.45) is 11.7 Å². The molecule has 1 aromatic heterocycles. The smallest absolute Gasteiger partial charge is 0.268 e. The third-order valence-corrected chi connectivity index (χ3v) is 4.39. The Morgan fingerprint density at radius 3 is 2.90 bits per heavy atom. The van der Waals surface area contributed by atoms with E-state index in [-0.39, 0.29) is 11.9 Å². The number of ether oxygens (including phenoxy) is 1. The number of nitrogens with two attached hydrogens (primary N) is 1. The van der Waals surface area contributed by atoms with E-state index in [1.165, 1.54) is 32.1 Å². The topological polar surface area (TPSA) is 69.3 Å². The van der Waals surface area contributed by atoms with Crippen LogP contribution in [0.2, 0.25) is 0 Å². The molecule has 118 valence electrons. The lowest BCUT2D eigenvalue weighted by atomic mass is 9.84. The number of methoxy groups -OCH3 is 1. The van der Waals surface area contributed by atoms with Crippen molar-refractivity contribution in [2.75, 3.05) is 20.3 Å². The summed E-state index contributed by atoms with van der Waals surface area (Å²) in [7, 11) is 1.66. The van der Waals surface area contributed by atoms with Crippen molar-refractivity contribution in [3.8, 4) is 0 Å². The van der Waals surface area contributed by atoms with Crippen LogP contribution in [0.5, 0.6) is 0 Å². The monoisotopic (exact) mass is 293 g/mol. The molecule has 1 unspecified atom stereocenters. The van der Waals surface area contributed by atoms with E-state index in [4.69, 9.17) is 10.5 Å². The lowest BCUT2D eigenvalue weighted by Gasteiger charge is -2.30. The Kier molecular flexibility index (Phi) is 6.26. The number of nitrogens with one attached hydrogen (secondary N) is 1. The maximum Gasteiger partial charge on any atom is 0.268 e. The second-order valence-electron chi connectivity index (χ2n) is 5.79. The third-order valence-electron chi connectivity index (χ3n) is 4.39. The average Bonchev–Trinajstić information content (AvgIpc) is 2.99. The van der Waals surface area contributed by atoms with Gasteiger partial charge in [0.2, 0.25) is 0 Å². The predicted octanol–water partition coefficient (Wildman–Crippen LogP) is 1.77. The Labute approximate surface area is 126 Å². The van der Waals surface area contributed by atoms with Gasteiger partial charge in [-0.05, 0) is 30.9 Å². The van der Waals surface area contributed by atoms with Crippen molar-refractivity contribution in [1.82, 2.24) is 9.88 Å². The summed E-state index contributed by atoms with van der Waals surface area (Å²) in [5.41, 5.74) is 6.56. The van der Waals surface area contributed by atoms with Gasteiger partial charge in [-0.25, -0.2) is 0 Å². The molecular formula is C16H27N3O2. The molecule has 0 saturated heterocycles. The molecule has 1 atom stereocenters. The summed E-state index contributed by atoms with van der Waals surface area (Å²) in [6.07, 6.45) is 8.07. The van der Waals surface area contributed by atoms with Gasteiger partial charge in [-0.3, -0.25) is 4.79 Å². The molecule has 1 aliphatic carbocycles. The Morgan fingerprint density at radius 2 is 2.24 bits per heavy atom. The molecule has 21 heavy (non-hydrogen) atoms. The maximum atomic E-state index is 12.5. The van der Waals surface area contributed by atoms with E-state index in [1.54, 1.807) is 7.11 Å². The van der Waals surface area contributed by atoms with Crippen LogP contribution in [0.15, 0.2) is 18.3 Å². The van der Waals surface area contributed by atoms with Crippen LogP contribution in [0.3, 0.4) is 0 Å². The molecule has 1 heterocycles. The first-order valence-electron chi connectivity index (χ1n) is 7.91. The summed E-state index contributed by atoms with van der Waals surface area (Å²) in [6.45, 7) is 1.79. The number of carbonyl (C=O) groups excluding carboxylic acids is 1. The lowest BCUT2D eigenvalue weighted by molar-refractivity contribution is 0.0903. The number of amides is 1. The molecule has 2 rings (SSSR count). The highest BCUT2D eigenvalue weighted by Gasteiger charge is 2.25. The van der Waals surface area contributed by atoms with Gasteiger partial charge >= 0.3 is 0 Å². The van der Waals surface area contributed by atoms with E-state index in [0.717, 1.165) is 0 Å². The predicted molar refractivity (Wildman–Crippen MR) is 83.2 cm³/mol. The van der Waals surface area contributed by atoms with Gasteiger partial charge in [0, 0.05) is 32.4 Å². The molecule has 0 aromatic carbocycles. The normalized spacial score (nSPS) is 17.6. The molecule has 0 spiro atoms. The van der Waals surface area contributed by atoms with E-state index in [2.05, 4.69) is 5.32 Å². The number of aromatic nitrogens is 1. The molecule has 5 heteroatoms. The first-order chi connectivity index (χ1) is 10.3. The standard InChI is InChI=1S/C16H27N3O2/c1-21-11-10-19-9-5-8-15(19)16(20)18-14(12-17)13-6-3-2-4-7-13/h5,8-9,13-14H,2-4,6-7,10-12,17H2,1H3,(H,18,20). The van der Waals surface area contributed by atoms with Gasteiger partial charge in [0.1, 0.15) is 5.69 Å². The Hall–Kier alpha value is -1.33. The highest BCUT2D eigenvalue weighted by atomic mass is 16.5. The zero-order valence-electron chi connectivity index (χ0n) is 12.9. The van der Waals surface area contributed by atoms with Gasteiger partial charge in [-0.1, -0.05) is 19.3 Å². The maximum absolute atomic E-state index is 12.5. The number of nitrogens with zero attached hydrogens (tertiary/aromatic N) is 1. The quantitative estimate of drug-likeness (QED) is 0.805. The van der Waals surface area contributed by atoms with Crippen molar-refractivity contribution in [2.45, 2.75) is 44.7 Å². The van der Waals surface area contributed by atoms with E-state index >= 15 is 0 Å². The summed E-state index contributed by atoms with van der Waals surface area (Å²) in [6, 6.07) is 3.82. The molecule has 0 bridgehead atoms. The van der Waals surface area contributed by atoms with Gasteiger partial charge < -0.3 is 20.4 Å². The van der Waals surface area contributed by atoms with E-state index < -0.39 is 0 Å². The van der Waals surface area contributed by atoms with Crippen LogP contribution in [0.25, 0.3) is 0 Å². The molecule has 1 aliphatic rings. The minimum Gasteiger partial charge on any atom is -0.383 e. The van der Waals surface area contributed by atoms with Crippen molar-refractivity contribution in [3.05, 3.63) is 24.0 Å². The Bertz CT molecular complexity index is 438. The van der Waals surface area contributed by atoms with E-state index in [9.17, 15) is 4.79 Å². The van der Waals surface area contributed by atoms with Gasteiger partial charge in [-0.2, -0.15) is 0 Å². The van der Waals surface area contributed by atoms with Crippen LogP contribution in [0.1, 0.15) is 42.6 Å². The molecule has 1 saturated carbocycles. The zero-order chi connectivity index (χ0) is 15.1. The summed E-state index contributed by atoms with van der Waals surface area (Å²) in [4.78, 5) is 12.5. The summed E-state index contributed by atoms with van der Waals surface area (Å²) < 4.78 is 7.00. The second-order valence-corrected chi connectivity index (χ2v) is 5.79. The molecule has 1 fully saturated rings.